The topological polar surface area (TPSA) is 60.7 Å². The molecule has 0 radical (unpaired) electrons. The Balaban J connectivity index is 2.09. The van der Waals surface area contributed by atoms with Gasteiger partial charge in [-0.05, 0) is 75.4 Å². The van der Waals surface area contributed by atoms with E-state index in [4.69, 9.17) is 0 Å². The lowest BCUT2D eigenvalue weighted by Gasteiger charge is -2.32. The average Bonchev–Trinajstić information content (AvgIpc) is 2.77. The molecule has 0 saturated carbocycles. The van der Waals surface area contributed by atoms with Crippen molar-refractivity contribution in [2.45, 2.75) is 83.6 Å². The summed E-state index contributed by atoms with van der Waals surface area (Å²) in [6.45, 7) is 12.6. The van der Waals surface area contributed by atoms with E-state index in [1.165, 1.54) is 0 Å². The molecule has 0 amide bonds. The molecule has 0 aliphatic heterocycles. The van der Waals surface area contributed by atoms with Crippen molar-refractivity contribution < 1.29 is 15.3 Å². The fourth-order valence-electron chi connectivity index (χ4n) is 5.23. The maximum absolute atomic E-state index is 11.1. The summed E-state index contributed by atoms with van der Waals surface area (Å²) < 4.78 is 0. The van der Waals surface area contributed by atoms with Crippen molar-refractivity contribution in [2.75, 3.05) is 0 Å². The van der Waals surface area contributed by atoms with Gasteiger partial charge in [-0.25, -0.2) is 0 Å². The molecule has 4 heteroatoms. The molecule has 0 unspecified atom stereocenters. The molecule has 0 heterocycles. The Morgan fingerprint density at radius 1 is 0.543 bits per heavy atom. The van der Waals surface area contributed by atoms with E-state index in [2.05, 4.69) is 41.5 Å². The molecule has 0 spiro atoms. The molecule has 188 valence electrons. The summed E-state index contributed by atoms with van der Waals surface area (Å²) >= 11 is 0. The van der Waals surface area contributed by atoms with Crippen LogP contribution in [0.25, 0.3) is 0 Å². The van der Waals surface area contributed by atoms with Crippen molar-refractivity contribution in [1.29, 1.82) is 0 Å². The molecular formula is C31H42O3Si. The van der Waals surface area contributed by atoms with Crippen LogP contribution in [0, 0.1) is 0 Å². The van der Waals surface area contributed by atoms with Crippen molar-refractivity contribution in [3.05, 3.63) is 88.0 Å². The first-order chi connectivity index (χ1) is 16.4. The molecule has 0 aromatic heterocycles. The number of hydrogen-bond acceptors (Lipinski definition) is 3. The lowest BCUT2D eigenvalue weighted by Crippen LogP contribution is -2.23. The second kappa shape index (κ2) is 10.9. The molecular weight excluding hydrogens is 448 g/mol. The van der Waals surface area contributed by atoms with Crippen LogP contribution in [0.3, 0.4) is 0 Å². The average molecular weight is 491 g/mol. The van der Waals surface area contributed by atoms with E-state index >= 15 is 0 Å². The second-order valence-electron chi connectivity index (χ2n) is 11.4. The predicted octanol–water partition coefficient (Wildman–Crippen LogP) is 6.73. The highest BCUT2D eigenvalue weighted by Crippen LogP contribution is 2.44. The summed E-state index contributed by atoms with van der Waals surface area (Å²) in [5, 5.41) is 33.1. The highest BCUT2D eigenvalue weighted by molar-refractivity contribution is 6.15. The molecule has 0 bridgehead atoms. The van der Waals surface area contributed by atoms with Crippen molar-refractivity contribution in [3.8, 4) is 17.2 Å². The van der Waals surface area contributed by atoms with Gasteiger partial charge < -0.3 is 15.3 Å². The molecule has 0 aliphatic carbocycles. The summed E-state index contributed by atoms with van der Waals surface area (Å²) in [5.74, 6) is 1.83. The third-order valence-corrected chi connectivity index (χ3v) is 8.23. The van der Waals surface area contributed by atoms with Crippen LogP contribution >= 0.6 is 0 Å². The van der Waals surface area contributed by atoms with Gasteiger partial charge in [0, 0.05) is 10.2 Å². The third-order valence-electron chi connectivity index (χ3n) is 7.17. The van der Waals surface area contributed by atoms with Crippen LogP contribution in [-0.2, 0) is 19.3 Å². The number of aromatic hydroxyl groups is 3. The summed E-state index contributed by atoms with van der Waals surface area (Å²) in [6, 6.07) is 18.1. The Morgan fingerprint density at radius 3 is 1.03 bits per heavy atom. The number of benzene rings is 3. The normalized spacial score (nSPS) is 12.3. The number of phenols is 3. The molecule has 0 atom stereocenters. The first-order valence-electron chi connectivity index (χ1n) is 12.9. The van der Waals surface area contributed by atoms with Crippen molar-refractivity contribution in [2.24, 2.45) is 0 Å². The Kier molecular flexibility index (Phi) is 8.37. The quantitative estimate of drug-likeness (QED) is 0.292. The maximum atomic E-state index is 11.1. The van der Waals surface area contributed by atoms with E-state index < -0.39 is 0 Å². The lowest BCUT2D eigenvalue weighted by atomic mass is 9.83. The highest BCUT2D eigenvalue weighted by Gasteiger charge is 2.30. The van der Waals surface area contributed by atoms with Crippen LogP contribution in [0.15, 0.2) is 54.6 Å². The molecule has 0 aliphatic rings. The first-order valence-corrected chi connectivity index (χ1v) is 13.9. The Morgan fingerprint density at radius 2 is 0.800 bits per heavy atom. The Hall–Kier alpha value is -2.72. The van der Waals surface area contributed by atoms with E-state index in [-0.39, 0.29) is 22.8 Å². The maximum Gasteiger partial charge on any atom is 0.122 e. The van der Waals surface area contributed by atoms with Gasteiger partial charge in [0.1, 0.15) is 17.2 Å². The van der Waals surface area contributed by atoms with Gasteiger partial charge in [-0.15, -0.1) is 0 Å². The summed E-state index contributed by atoms with van der Waals surface area (Å²) in [4.78, 5) is 0. The van der Waals surface area contributed by atoms with Crippen LogP contribution in [0.4, 0.5) is 0 Å². The second-order valence-corrected chi connectivity index (χ2v) is 13.5. The zero-order valence-electron chi connectivity index (χ0n) is 22.4. The first kappa shape index (κ1) is 26.9. The Labute approximate surface area is 214 Å². The van der Waals surface area contributed by atoms with E-state index in [1.807, 2.05) is 54.6 Å². The molecule has 0 fully saturated rings. The van der Waals surface area contributed by atoms with Gasteiger partial charge in [-0.1, -0.05) is 96.1 Å². The Bertz CT molecular complexity index is 1020. The van der Waals surface area contributed by atoms with Gasteiger partial charge >= 0.3 is 0 Å². The standard InChI is InChI=1S/C31H42O3Si/c1-19(2)25-13-7-10-22(28(25)32)16-31(35,17-23-11-8-14-26(20(3)4)29(23)33)18-24-12-9-15-27(21(5)6)30(24)34/h7-15,19-21,32-34H,16-18H2,1-6,35H3. The molecule has 0 saturated heterocycles. The van der Waals surface area contributed by atoms with Crippen molar-refractivity contribution >= 4 is 10.2 Å². The molecule has 3 N–H and O–H groups in total. The summed E-state index contributed by atoms with van der Waals surface area (Å²) in [7, 11) is 0.816. The fraction of sp³-hybridized carbons (Fsp3) is 0.419. The minimum Gasteiger partial charge on any atom is -0.507 e. The largest absolute Gasteiger partial charge is 0.507 e. The summed E-state index contributed by atoms with van der Waals surface area (Å²) in [6.07, 6.45) is 2.05. The van der Waals surface area contributed by atoms with Gasteiger partial charge in [0.2, 0.25) is 0 Å². The predicted molar refractivity (Wildman–Crippen MR) is 150 cm³/mol. The van der Waals surface area contributed by atoms with Crippen LogP contribution in [0.5, 0.6) is 17.2 Å². The number of rotatable bonds is 9. The molecule has 3 rings (SSSR count). The van der Waals surface area contributed by atoms with Crippen molar-refractivity contribution in [3.63, 3.8) is 0 Å². The van der Waals surface area contributed by atoms with Crippen molar-refractivity contribution in [1.82, 2.24) is 0 Å². The molecule has 35 heavy (non-hydrogen) atoms. The number of hydrogen-bond donors (Lipinski definition) is 3. The van der Waals surface area contributed by atoms with Crippen LogP contribution < -0.4 is 0 Å². The minimum atomic E-state index is -0.215. The zero-order chi connectivity index (χ0) is 25.9. The third kappa shape index (κ3) is 6.10. The SMILES string of the molecule is CC(C)c1cccc(CC([SiH3])(Cc2cccc(C(C)C)c2O)Cc2cccc(C(C)C)c2O)c1O. The van der Waals surface area contributed by atoms with Gasteiger partial charge in [0.25, 0.3) is 0 Å². The highest BCUT2D eigenvalue weighted by atomic mass is 28.1. The van der Waals surface area contributed by atoms with E-state index in [0.29, 0.717) is 36.5 Å². The van der Waals surface area contributed by atoms with Gasteiger partial charge in [-0.2, -0.15) is 0 Å². The zero-order valence-corrected chi connectivity index (χ0v) is 24.4. The number of phenolic OH excluding ortho intramolecular Hbond substituents is 3. The summed E-state index contributed by atoms with van der Waals surface area (Å²) in [5.41, 5.74) is 5.68. The minimum absolute atomic E-state index is 0.215. The van der Waals surface area contributed by atoms with Crippen LogP contribution in [0.1, 0.15) is 92.7 Å². The van der Waals surface area contributed by atoms with Gasteiger partial charge in [0.05, 0.1) is 0 Å². The molecule has 3 aromatic rings. The lowest BCUT2D eigenvalue weighted by molar-refractivity contribution is 0.429. The smallest absolute Gasteiger partial charge is 0.122 e. The molecule has 3 aromatic carbocycles. The van der Waals surface area contributed by atoms with Crippen LogP contribution in [0.2, 0.25) is 5.04 Å². The van der Waals surface area contributed by atoms with Gasteiger partial charge in [-0.3, -0.25) is 0 Å². The van der Waals surface area contributed by atoms with E-state index in [1.54, 1.807) is 0 Å². The fourth-order valence-corrected chi connectivity index (χ4v) is 6.37. The van der Waals surface area contributed by atoms with Gasteiger partial charge in [0.15, 0.2) is 0 Å². The van der Waals surface area contributed by atoms with Crippen LogP contribution in [-0.4, -0.2) is 25.6 Å². The van der Waals surface area contributed by atoms with E-state index in [0.717, 1.165) is 43.6 Å². The monoisotopic (exact) mass is 490 g/mol. The molecule has 3 nitrogen and oxygen atoms in total. The number of para-hydroxylation sites is 3. The van der Waals surface area contributed by atoms with E-state index in [9.17, 15) is 15.3 Å².